The topological polar surface area (TPSA) is 133 Å². The molecule has 10 heteroatoms. The Morgan fingerprint density at radius 3 is 1.32 bits per heavy atom. The first kappa shape index (κ1) is 18.0. The fraction of sp³-hybridized carbons (Fsp3) is 0.333. The molecule has 10 nitrogen and oxygen atoms in total. The molecule has 0 aromatic carbocycles. The Labute approximate surface area is 142 Å². The predicted octanol–water partition coefficient (Wildman–Crippen LogP) is -1.85. The van der Waals surface area contributed by atoms with Gasteiger partial charge in [0.25, 0.3) is 23.6 Å². The molecule has 0 radical (unpaired) electrons. The van der Waals surface area contributed by atoms with Crippen molar-refractivity contribution >= 4 is 35.4 Å². The highest BCUT2D eigenvalue weighted by Gasteiger charge is 2.24. The third kappa shape index (κ3) is 4.83. The molecular weight excluding hydrogens is 332 g/mol. The van der Waals surface area contributed by atoms with Gasteiger partial charge in [0.2, 0.25) is 11.8 Å². The average Bonchev–Trinajstić information content (AvgIpc) is 3.06. The third-order valence-electron chi connectivity index (χ3n) is 3.48. The fourth-order valence-electron chi connectivity index (χ4n) is 2.09. The molecule has 6 amide bonds. The standard InChI is InChI=1S/C15H16N4O6/c20-10(16-8-18-12(22)4-5-13(18)23)2-1-3-11(21)17-9-19-14(24)6-7-15(19)25/h4-7H,1-3,8-9H2,(H,16,20)(H,17,21). The number of carbonyl (C=O) groups is 6. The van der Waals surface area contributed by atoms with E-state index in [1.54, 1.807) is 0 Å². The largest absolute Gasteiger partial charge is 0.338 e. The minimum absolute atomic E-state index is 0.0280. The van der Waals surface area contributed by atoms with Gasteiger partial charge in [0.1, 0.15) is 13.3 Å². The maximum Gasteiger partial charge on any atom is 0.255 e. The number of rotatable bonds is 8. The van der Waals surface area contributed by atoms with E-state index in [4.69, 9.17) is 0 Å². The Morgan fingerprint density at radius 2 is 1.00 bits per heavy atom. The number of carbonyl (C=O) groups excluding carboxylic acids is 6. The number of nitrogens with one attached hydrogen (secondary N) is 2. The van der Waals surface area contributed by atoms with Gasteiger partial charge < -0.3 is 10.6 Å². The first-order chi connectivity index (χ1) is 11.9. The molecule has 2 aliphatic rings. The first-order valence-corrected chi connectivity index (χ1v) is 7.49. The van der Waals surface area contributed by atoms with Gasteiger partial charge in [-0.3, -0.25) is 38.6 Å². The van der Waals surface area contributed by atoms with Crippen LogP contribution >= 0.6 is 0 Å². The van der Waals surface area contributed by atoms with Crippen molar-refractivity contribution in [2.45, 2.75) is 19.3 Å². The maximum atomic E-state index is 11.6. The van der Waals surface area contributed by atoms with Gasteiger partial charge in [-0.2, -0.15) is 0 Å². The normalized spacial score (nSPS) is 16.2. The van der Waals surface area contributed by atoms with E-state index in [0.717, 1.165) is 34.1 Å². The number of hydrogen-bond acceptors (Lipinski definition) is 6. The van der Waals surface area contributed by atoms with Crippen molar-refractivity contribution in [1.29, 1.82) is 0 Å². The van der Waals surface area contributed by atoms with E-state index in [-0.39, 0.29) is 32.6 Å². The van der Waals surface area contributed by atoms with Crippen LogP contribution in [0.3, 0.4) is 0 Å². The second-order valence-corrected chi connectivity index (χ2v) is 5.25. The molecular formula is C15H16N4O6. The second-order valence-electron chi connectivity index (χ2n) is 5.25. The summed E-state index contributed by atoms with van der Waals surface area (Å²) in [5.41, 5.74) is 0. The lowest BCUT2D eigenvalue weighted by molar-refractivity contribution is -0.139. The molecule has 2 heterocycles. The summed E-state index contributed by atoms with van der Waals surface area (Å²) < 4.78 is 0. The van der Waals surface area contributed by atoms with E-state index in [1.807, 2.05) is 0 Å². The summed E-state index contributed by atoms with van der Waals surface area (Å²) in [6.45, 7) is -0.441. The van der Waals surface area contributed by atoms with E-state index in [2.05, 4.69) is 10.6 Å². The zero-order valence-corrected chi connectivity index (χ0v) is 13.2. The molecule has 2 N–H and O–H groups in total. The average molecular weight is 348 g/mol. The van der Waals surface area contributed by atoms with Gasteiger partial charge in [-0.25, -0.2) is 0 Å². The van der Waals surface area contributed by atoms with Crippen LogP contribution in [0.25, 0.3) is 0 Å². The molecule has 0 aromatic rings. The van der Waals surface area contributed by atoms with Crippen LogP contribution in [0.2, 0.25) is 0 Å². The van der Waals surface area contributed by atoms with Crippen molar-refractivity contribution in [2.75, 3.05) is 13.3 Å². The lowest BCUT2D eigenvalue weighted by atomic mass is 10.2. The highest BCUT2D eigenvalue weighted by molar-refractivity contribution is 6.13. The lowest BCUT2D eigenvalue weighted by Gasteiger charge is -2.15. The zero-order chi connectivity index (χ0) is 18.4. The quantitative estimate of drug-likeness (QED) is 0.495. The minimum atomic E-state index is -0.495. The van der Waals surface area contributed by atoms with Gasteiger partial charge in [-0.1, -0.05) is 0 Å². The Balaban J connectivity index is 1.58. The SMILES string of the molecule is O=C(CCCC(=O)NCN1C(=O)C=CC1=O)NCN1C(=O)C=CC1=O. The molecule has 0 aromatic heterocycles. The molecule has 0 saturated carbocycles. The van der Waals surface area contributed by atoms with Crippen molar-refractivity contribution in [3.8, 4) is 0 Å². The van der Waals surface area contributed by atoms with Crippen LogP contribution in [-0.4, -0.2) is 58.6 Å². The van der Waals surface area contributed by atoms with Crippen LogP contribution in [-0.2, 0) is 28.8 Å². The molecule has 0 bridgehead atoms. The zero-order valence-electron chi connectivity index (χ0n) is 13.2. The molecule has 25 heavy (non-hydrogen) atoms. The van der Waals surface area contributed by atoms with Crippen LogP contribution < -0.4 is 10.6 Å². The van der Waals surface area contributed by atoms with Crippen LogP contribution in [0.1, 0.15) is 19.3 Å². The van der Waals surface area contributed by atoms with Crippen LogP contribution in [0.4, 0.5) is 0 Å². The van der Waals surface area contributed by atoms with E-state index in [1.165, 1.54) is 0 Å². The summed E-state index contributed by atoms with van der Waals surface area (Å²) in [7, 11) is 0. The van der Waals surface area contributed by atoms with Crippen LogP contribution in [0.5, 0.6) is 0 Å². The summed E-state index contributed by atoms with van der Waals surface area (Å²) in [6, 6.07) is 0. The van der Waals surface area contributed by atoms with Gasteiger partial charge in [-0.05, 0) is 6.42 Å². The van der Waals surface area contributed by atoms with Gasteiger partial charge in [-0.15, -0.1) is 0 Å². The van der Waals surface area contributed by atoms with Crippen molar-refractivity contribution < 1.29 is 28.8 Å². The monoisotopic (exact) mass is 348 g/mol. The van der Waals surface area contributed by atoms with Crippen molar-refractivity contribution in [3.63, 3.8) is 0 Å². The summed E-state index contributed by atoms with van der Waals surface area (Å²) in [5.74, 6) is -2.80. The van der Waals surface area contributed by atoms with E-state index in [0.29, 0.717) is 0 Å². The molecule has 0 saturated heterocycles. The highest BCUT2D eigenvalue weighted by atomic mass is 16.2. The molecule has 0 unspecified atom stereocenters. The van der Waals surface area contributed by atoms with E-state index < -0.39 is 35.4 Å². The van der Waals surface area contributed by atoms with E-state index >= 15 is 0 Å². The minimum Gasteiger partial charge on any atom is -0.338 e. The highest BCUT2D eigenvalue weighted by Crippen LogP contribution is 2.03. The lowest BCUT2D eigenvalue weighted by Crippen LogP contribution is -2.41. The predicted molar refractivity (Wildman–Crippen MR) is 81.9 cm³/mol. The first-order valence-electron chi connectivity index (χ1n) is 7.49. The maximum absolute atomic E-state index is 11.6. The van der Waals surface area contributed by atoms with Crippen LogP contribution in [0, 0.1) is 0 Å². The molecule has 0 atom stereocenters. The summed E-state index contributed by atoms with van der Waals surface area (Å²) in [4.78, 5) is 70.2. The molecule has 132 valence electrons. The van der Waals surface area contributed by atoms with Gasteiger partial charge in [0.15, 0.2) is 0 Å². The van der Waals surface area contributed by atoms with Gasteiger partial charge in [0.05, 0.1) is 0 Å². The summed E-state index contributed by atoms with van der Waals surface area (Å²) in [5, 5.41) is 4.83. The molecule has 0 aliphatic carbocycles. The number of nitrogens with zero attached hydrogens (tertiary/aromatic N) is 2. The summed E-state index contributed by atoms with van der Waals surface area (Å²) in [6.07, 6.45) is 4.75. The number of imide groups is 2. The molecule has 0 spiro atoms. The van der Waals surface area contributed by atoms with Crippen molar-refractivity contribution in [2.24, 2.45) is 0 Å². The summed E-state index contributed by atoms with van der Waals surface area (Å²) >= 11 is 0. The van der Waals surface area contributed by atoms with Gasteiger partial charge >= 0.3 is 0 Å². The Bertz CT molecular complexity index is 602. The smallest absolute Gasteiger partial charge is 0.255 e. The number of hydrogen-bond donors (Lipinski definition) is 2. The Morgan fingerprint density at radius 1 is 0.680 bits per heavy atom. The number of amides is 6. The van der Waals surface area contributed by atoms with Crippen molar-refractivity contribution in [1.82, 2.24) is 20.4 Å². The Kier molecular flexibility index (Phi) is 5.77. The fourth-order valence-corrected chi connectivity index (χ4v) is 2.09. The molecule has 2 rings (SSSR count). The van der Waals surface area contributed by atoms with E-state index in [9.17, 15) is 28.8 Å². The third-order valence-corrected chi connectivity index (χ3v) is 3.48. The Hall–Kier alpha value is -3.30. The second kappa shape index (κ2) is 7.99. The van der Waals surface area contributed by atoms with Crippen molar-refractivity contribution in [3.05, 3.63) is 24.3 Å². The van der Waals surface area contributed by atoms with Gasteiger partial charge in [0, 0.05) is 37.1 Å². The molecule has 2 aliphatic heterocycles. The molecule has 0 fully saturated rings. The van der Waals surface area contributed by atoms with Crippen LogP contribution in [0.15, 0.2) is 24.3 Å².